The molecule has 158 valence electrons. The van der Waals surface area contributed by atoms with Gasteiger partial charge in [0.2, 0.25) is 5.91 Å². The summed E-state index contributed by atoms with van der Waals surface area (Å²) in [7, 11) is 1.69. The van der Waals surface area contributed by atoms with Crippen LogP contribution in [0.1, 0.15) is 38.5 Å². The number of fused-ring (bicyclic) bond motifs is 2. The van der Waals surface area contributed by atoms with Crippen molar-refractivity contribution >= 4 is 36.4 Å². The normalized spacial score (nSPS) is 31.4. The number of carbonyl (C=O) groups excluding carboxylic acids is 1. The summed E-state index contributed by atoms with van der Waals surface area (Å²) in [5.74, 6) is 2.40. The highest BCUT2D eigenvalue weighted by Gasteiger charge is 2.41. The molecule has 3 fully saturated rings. The lowest BCUT2D eigenvalue weighted by molar-refractivity contribution is -0.128. The molecular weight excluding hydrogens is 397 g/mol. The second kappa shape index (κ2) is 10.0. The van der Waals surface area contributed by atoms with E-state index >= 15 is 0 Å². The fraction of sp³-hybridized carbons (Fsp3) is 0.667. The van der Waals surface area contributed by atoms with Gasteiger partial charge in [-0.05, 0) is 56.1 Å². The molecule has 3 N–H and O–H groups in total. The summed E-state index contributed by atoms with van der Waals surface area (Å²) in [4.78, 5) is 15.2. The van der Waals surface area contributed by atoms with E-state index in [-0.39, 0.29) is 42.7 Å². The molecule has 3 atom stereocenters. The first-order chi connectivity index (χ1) is 12.6. The zero-order valence-electron chi connectivity index (χ0n) is 16.5. The largest absolute Gasteiger partial charge is 0.497 e. The Bertz CT molecular complexity index is 646. The number of amides is 1. The molecule has 1 aliphatic heterocycles. The molecule has 0 radical (unpaired) electrons. The number of nitrogens with zero attached hydrogens (tertiary/aromatic N) is 1. The molecule has 1 aromatic rings. The summed E-state index contributed by atoms with van der Waals surface area (Å²) in [6.45, 7) is 1.84. The molecule has 2 bridgehead atoms. The Morgan fingerprint density at radius 2 is 1.89 bits per heavy atom. The first-order valence-electron chi connectivity index (χ1n) is 10.1. The predicted octanol–water partition coefficient (Wildman–Crippen LogP) is 3.39. The van der Waals surface area contributed by atoms with Crippen molar-refractivity contribution in [2.24, 2.45) is 23.5 Å². The zero-order chi connectivity index (χ0) is 18.1. The number of hydrogen-bond acceptors (Lipinski definition) is 4. The van der Waals surface area contributed by atoms with Gasteiger partial charge in [-0.25, -0.2) is 0 Å². The van der Waals surface area contributed by atoms with Gasteiger partial charge in [0.1, 0.15) is 5.75 Å². The predicted molar refractivity (Wildman–Crippen MR) is 118 cm³/mol. The third kappa shape index (κ3) is 4.87. The second-order valence-electron chi connectivity index (χ2n) is 8.34. The maximum atomic E-state index is 12.8. The van der Waals surface area contributed by atoms with E-state index in [1.807, 2.05) is 12.1 Å². The first-order valence-corrected chi connectivity index (χ1v) is 10.1. The number of methoxy groups -OCH3 is 1. The van der Waals surface area contributed by atoms with Gasteiger partial charge in [0, 0.05) is 42.8 Å². The van der Waals surface area contributed by atoms with Gasteiger partial charge in [0.15, 0.2) is 0 Å². The van der Waals surface area contributed by atoms with Gasteiger partial charge in [-0.15, -0.1) is 24.8 Å². The number of nitrogens with two attached hydrogens (primary N) is 1. The summed E-state index contributed by atoms with van der Waals surface area (Å²) in [6, 6.07) is 8.71. The van der Waals surface area contributed by atoms with Crippen molar-refractivity contribution in [3.63, 3.8) is 0 Å². The monoisotopic (exact) mass is 429 g/mol. The Balaban J connectivity index is 0.00000140. The number of carbonyl (C=O) groups is 1. The van der Waals surface area contributed by atoms with Crippen LogP contribution < -0.4 is 20.7 Å². The number of halogens is 2. The van der Waals surface area contributed by atoms with Crippen LogP contribution in [0, 0.1) is 17.8 Å². The van der Waals surface area contributed by atoms with Gasteiger partial charge in [0.25, 0.3) is 0 Å². The number of benzene rings is 1. The molecule has 3 unspecified atom stereocenters. The summed E-state index contributed by atoms with van der Waals surface area (Å²) in [6.07, 6.45) is 6.66. The van der Waals surface area contributed by atoms with Gasteiger partial charge in [0.05, 0.1) is 7.11 Å². The number of nitrogens with one attached hydrogen (secondary N) is 1. The lowest BCUT2D eigenvalue weighted by atomic mass is 9.65. The molecule has 0 aromatic heterocycles. The van der Waals surface area contributed by atoms with Crippen LogP contribution in [0.25, 0.3) is 0 Å². The third-order valence-corrected chi connectivity index (χ3v) is 6.74. The minimum atomic E-state index is 0. The topological polar surface area (TPSA) is 67.6 Å². The van der Waals surface area contributed by atoms with Crippen LogP contribution in [0.3, 0.4) is 0 Å². The van der Waals surface area contributed by atoms with Gasteiger partial charge < -0.3 is 20.7 Å². The Hall–Kier alpha value is -1.17. The molecule has 1 aromatic carbocycles. The number of rotatable bonds is 4. The molecule has 0 spiro atoms. The van der Waals surface area contributed by atoms with E-state index in [2.05, 4.69) is 22.3 Å². The fourth-order valence-electron chi connectivity index (χ4n) is 5.24. The molecule has 28 heavy (non-hydrogen) atoms. The van der Waals surface area contributed by atoms with Crippen molar-refractivity contribution in [3.05, 3.63) is 24.3 Å². The summed E-state index contributed by atoms with van der Waals surface area (Å²) in [5, 5.41) is 3.33. The van der Waals surface area contributed by atoms with E-state index in [1.165, 1.54) is 24.9 Å². The minimum Gasteiger partial charge on any atom is -0.497 e. The highest BCUT2D eigenvalue weighted by Crippen LogP contribution is 2.42. The van der Waals surface area contributed by atoms with E-state index < -0.39 is 0 Å². The molecule has 1 saturated heterocycles. The van der Waals surface area contributed by atoms with Crippen molar-refractivity contribution < 1.29 is 9.53 Å². The van der Waals surface area contributed by atoms with Crippen LogP contribution in [-0.4, -0.2) is 38.2 Å². The van der Waals surface area contributed by atoms with Gasteiger partial charge in [-0.1, -0.05) is 12.5 Å². The van der Waals surface area contributed by atoms with E-state index in [4.69, 9.17) is 10.5 Å². The van der Waals surface area contributed by atoms with Gasteiger partial charge >= 0.3 is 0 Å². The highest BCUT2D eigenvalue weighted by molar-refractivity contribution is 5.85. The zero-order valence-corrected chi connectivity index (χ0v) is 18.1. The Morgan fingerprint density at radius 1 is 1.18 bits per heavy atom. The van der Waals surface area contributed by atoms with Crippen LogP contribution in [-0.2, 0) is 4.79 Å². The Labute approximate surface area is 180 Å². The van der Waals surface area contributed by atoms with Crippen LogP contribution in [0.2, 0.25) is 0 Å². The highest BCUT2D eigenvalue weighted by atomic mass is 35.5. The van der Waals surface area contributed by atoms with Crippen molar-refractivity contribution in [1.82, 2.24) is 5.32 Å². The average Bonchev–Trinajstić information content (AvgIpc) is 3.10. The third-order valence-electron chi connectivity index (χ3n) is 6.74. The van der Waals surface area contributed by atoms with Crippen LogP contribution in [0.15, 0.2) is 24.3 Å². The molecule has 4 rings (SSSR count). The molecule has 1 heterocycles. The van der Waals surface area contributed by atoms with Crippen molar-refractivity contribution in [2.75, 3.05) is 25.1 Å². The minimum absolute atomic E-state index is 0. The molecule has 7 heteroatoms. The van der Waals surface area contributed by atoms with E-state index in [9.17, 15) is 4.79 Å². The quantitative estimate of drug-likeness (QED) is 0.769. The van der Waals surface area contributed by atoms with E-state index in [0.717, 1.165) is 38.1 Å². The van der Waals surface area contributed by atoms with Crippen molar-refractivity contribution in [2.45, 2.75) is 50.6 Å². The molecule has 5 nitrogen and oxygen atoms in total. The molecule has 1 amide bonds. The summed E-state index contributed by atoms with van der Waals surface area (Å²) in [5.41, 5.74) is 7.53. The molecule has 3 aliphatic rings. The summed E-state index contributed by atoms with van der Waals surface area (Å²) >= 11 is 0. The lowest BCUT2D eigenvalue weighted by Gasteiger charge is -2.43. The summed E-state index contributed by atoms with van der Waals surface area (Å²) < 4.78 is 5.32. The van der Waals surface area contributed by atoms with Crippen LogP contribution >= 0.6 is 24.8 Å². The fourth-order valence-corrected chi connectivity index (χ4v) is 5.24. The first kappa shape index (κ1) is 23.1. The SMILES string of the molecule is COc1cccc(N2CCC(NC(=O)C3CC4CCCC(C3)C4N)C2)c1.Cl.Cl. The number of ether oxygens (including phenoxy) is 1. The van der Waals surface area contributed by atoms with Crippen molar-refractivity contribution in [3.8, 4) is 5.75 Å². The number of anilines is 1. The Kier molecular flexibility index (Phi) is 8.29. The molecular formula is C21H33Cl2N3O2. The maximum absolute atomic E-state index is 12.8. The lowest BCUT2D eigenvalue weighted by Crippen LogP contribution is -2.50. The smallest absolute Gasteiger partial charge is 0.223 e. The standard InChI is InChI=1S/C21H31N3O2.2ClH/c1-26-19-7-3-6-18(12-19)24-9-8-17(13-24)23-21(25)16-10-14-4-2-5-15(11-16)20(14)22;;/h3,6-7,12,14-17,20H,2,4-5,8-11,13,22H2,1H3,(H,23,25);2*1H. The van der Waals surface area contributed by atoms with Crippen molar-refractivity contribution in [1.29, 1.82) is 0 Å². The van der Waals surface area contributed by atoms with Crippen LogP contribution in [0.5, 0.6) is 5.75 Å². The number of hydrogen-bond donors (Lipinski definition) is 2. The van der Waals surface area contributed by atoms with Crippen LogP contribution in [0.4, 0.5) is 5.69 Å². The molecule has 2 aliphatic carbocycles. The molecule has 2 saturated carbocycles. The van der Waals surface area contributed by atoms with E-state index in [0.29, 0.717) is 17.9 Å². The van der Waals surface area contributed by atoms with Gasteiger partial charge in [-0.3, -0.25) is 4.79 Å². The average molecular weight is 430 g/mol. The second-order valence-corrected chi connectivity index (χ2v) is 8.34. The van der Waals surface area contributed by atoms with E-state index in [1.54, 1.807) is 7.11 Å². The maximum Gasteiger partial charge on any atom is 0.223 e. The Morgan fingerprint density at radius 3 is 2.57 bits per heavy atom. The van der Waals surface area contributed by atoms with Gasteiger partial charge in [-0.2, -0.15) is 0 Å².